The van der Waals surface area contributed by atoms with Crippen molar-refractivity contribution in [1.82, 2.24) is 4.98 Å². The average molecular weight is 351 g/mol. The van der Waals surface area contributed by atoms with Gasteiger partial charge >= 0.3 is 6.18 Å². The fraction of sp³-hybridized carbons (Fsp3) is 0.0588. The second kappa shape index (κ2) is 6.13. The van der Waals surface area contributed by atoms with Gasteiger partial charge in [0.25, 0.3) is 5.91 Å². The summed E-state index contributed by atoms with van der Waals surface area (Å²) >= 11 is 6.00. The molecule has 0 spiro atoms. The lowest BCUT2D eigenvalue weighted by atomic mass is 10.1. The van der Waals surface area contributed by atoms with Gasteiger partial charge in [0.1, 0.15) is 0 Å². The summed E-state index contributed by atoms with van der Waals surface area (Å²) in [6.07, 6.45) is -2.96. The molecular formula is C17H10ClF3N2O. The molecule has 0 saturated heterocycles. The van der Waals surface area contributed by atoms with Gasteiger partial charge in [-0.1, -0.05) is 23.7 Å². The molecule has 0 unspecified atom stereocenters. The minimum absolute atomic E-state index is 0.0406. The molecule has 1 amide bonds. The van der Waals surface area contributed by atoms with Crippen molar-refractivity contribution in [2.24, 2.45) is 0 Å². The SMILES string of the molecule is O=C(Nc1cccc(C(F)(F)F)c1)c1cc(Cl)cc2cccnc12. The van der Waals surface area contributed by atoms with Gasteiger partial charge in [0, 0.05) is 22.3 Å². The van der Waals surface area contributed by atoms with E-state index in [9.17, 15) is 18.0 Å². The summed E-state index contributed by atoms with van der Waals surface area (Å²) in [7, 11) is 0. The van der Waals surface area contributed by atoms with Gasteiger partial charge in [-0.05, 0) is 36.4 Å². The van der Waals surface area contributed by atoms with Crippen LogP contribution in [0.1, 0.15) is 15.9 Å². The minimum atomic E-state index is -4.48. The molecular weight excluding hydrogens is 341 g/mol. The van der Waals surface area contributed by atoms with E-state index in [0.717, 1.165) is 12.1 Å². The molecule has 3 aromatic rings. The Bertz CT molecular complexity index is 925. The predicted molar refractivity (Wildman–Crippen MR) is 86.2 cm³/mol. The van der Waals surface area contributed by atoms with Crippen molar-refractivity contribution in [3.05, 3.63) is 70.9 Å². The Labute approximate surface area is 140 Å². The summed E-state index contributed by atoms with van der Waals surface area (Å²) in [4.78, 5) is 16.6. The van der Waals surface area contributed by atoms with E-state index in [1.165, 1.54) is 24.4 Å². The maximum absolute atomic E-state index is 12.7. The molecule has 0 aliphatic heterocycles. The number of benzene rings is 2. The number of halogens is 4. The number of nitrogens with one attached hydrogen (secondary N) is 1. The molecule has 3 rings (SSSR count). The number of alkyl halides is 3. The molecule has 0 bridgehead atoms. The van der Waals surface area contributed by atoms with Crippen LogP contribution in [0.4, 0.5) is 18.9 Å². The maximum Gasteiger partial charge on any atom is 0.416 e. The van der Waals surface area contributed by atoms with Crippen LogP contribution in [0.25, 0.3) is 10.9 Å². The first-order valence-corrected chi connectivity index (χ1v) is 7.25. The largest absolute Gasteiger partial charge is 0.416 e. The molecule has 122 valence electrons. The molecule has 0 radical (unpaired) electrons. The first-order valence-electron chi connectivity index (χ1n) is 6.87. The van der Waals surface area contributed by atoms with Crippen LogP contribution in [0.5, 0.6) is 0 Å². The topological polar surface area (TPSA) is 42.0 Å². The van der Waals surface area contributed by atoms with Crippen LogP contribution in [-0.2, 0) is 6.18 Å². The summed E-state index contributed by atoms with van der Waals surface area (Å²) in [5.41, 5.74) is -0.185. The number of hydrogen-bond acceptors (Lipinski definition) is 2. The second-order valence-electron chi connectivity index (χ2n) is 5.06. The van der Waals surface area contributed by atoms with E-state index < -0.39 is 17.6 Å². The number of pyridine rings is 1. The average Bonchev–Trinajstić information content (AvgIpc) is 2.53. The standard InChI is InChI=1S/C17H10ClF3N2O/c18-12-7-10-3-2-6-22-15(10)14(9-12)16(24)23-13-5-1-4-11(8-13)17(19,20)21/h1-9H,(H,23,24). The lowest BCUT2D eigenvalue weighted by Crippen LogP contribution is -2.14. The molecule has 0 saturated carbocycles. The van der Waals surface area contributed by atoms with E-state index in [2.05, 4.69) is 10.3 Å². The van der Waals surface area contributed by atoms with Crippen molar-refractivity contribution in [2.45, 2.75) is 6.18 Å². The summed E-state index contributed by atoms with van der Waals surface area (Å²) in [5.74, 6) is -0.583. The van der Waals surface area contributed by atoms with E-state index in [0.29, 0.717) is 15.9 Å². The van der Waals surface area contributed by atoms with E-state index in [-0.39, 0.29) is 11.3 Å². The highest BCUT2D eigenvalue weighted by atomic mass is 35.5. The van der Waals surface area contributed by atoms with Crippen LogP contribution in [0.15, 0.2) is 54.7 Å². The Morgan fingerprint density at radius 1 is 1.08 bits per heavy atom. The number of nitrogens with zero attached hydrogens (tertiary/aromatic N) is 1. The number of fused-ring (bicyclic) bond motifs is 1. The number of amides is 1. The van der Waals surface area contributed by atoms with Crippen LogP contribution in [0.3, 0.4) is 0 Å². The van der Waals surface area contributed by atoms with Gasteiger partial charge in [-0.15, -0.1) is 0 Å². The molecule has 0 aliphatic rings. The van der Waals surface area contributed by atoms with Gasteiger partial charge in [0.05, 0.1) is 16.6 Å². The molecule has 0 fully saturated rings. The van der Waals surface area contributed by atoms with Crippen LogP contribution in [0.2, 0.25) is 5.02 Å². The minimum Gasteiger partial charge on any atom is -0.322 e. The fourth-order valence-electron chi connectivity index (χ4n) is 2.30. The second-order valence-corrected chi connectivity index (χ2v) is 5.50. The molecule has 3 nitrogen and oxygen atoms in total. The van der Waals surface area contributed by atoms with Crippen molar-refractivity contribution < 1.29 is 18.0 Å². The van der Waals surface area contributed by atoms with Crippen LogP contribution < -0.4 is 5.32 Å². The number of rotatable bonds is 2. The van der Waals surface area contributed by atoms with Crippen molar-refractivity contribution in [1.29, 1.82) is 0 Å². The van der Waals surface area contributed by atoms with Gasteiger partial charge in [-0.25, -0.2) is 0 Å². The highest BCUT2D eigenvalue weighted by molar-refractivity contribution is 6.32. The Morgan fingerprint density at radius 3 is 2.62 bits per heavy atom. The third-order valence-electron chi connectivity index (χ3n) is 3.36. The normalized spacial score (nSPS) is 11.5. The Morgan fingerprint density at radius 2 is 1.88 bits per heavy atom. The van der Waals surface area contributed by atoms with Gasteiger partial charge in [0.15, 0.2) is 0 Å². The van der Waals surface area contributed by atoms with Crippen molar-refractivity contribution in [3.8, 4) is 0 Å². The lowest BCUT2D eigenvalue weighted by Gasteiger charge is -2.11. The number of aromatic nitrogens is 1. The molecule has 2 aromatic carbocycles. The molecule has 24 heavy (non-hydrogen) atoms. The first kappa shape index (κ1) is 16.3. The Hall–Kier alpha value is -2.60. The third-order valence-corrected chi connectivity index (χ3v) is 3.58. The molecule has 1 N–H and O–H groups in total. The van der Waals surface area contributed by atoms with Crippen LogP contribution in [0, 0.1) is 0 Å². The molecule has 0 aliphatic carbocycles. The van der Waals surface area contributed by atoms with E-state index in [1.807, 2.05) is 0 Å². The summed E-state index contributed by atoms with van der Waals surface area (Å²) in [6, 6.07) is 11.0. The zero-order valence-corrected chi connectivity index (χ0v) is 12.8. The third kappa shape index (κ3) is 3.33. The highest BCUT2D eigenvalue weighted by Gasteiger charge is 2.30. The number of anilines is 1. The number of carbonyl (C=O) groups excluding carboxylic acids is 1. The number of carbonyl (C=O) groups is 1. The van der Waals surface area contributed by atoms with E-state index in [1.54, 1.807) is 18.2 Å². The Kier molecular flexibility index (Phi) is 4.15. The van der Waals surface area contributed by atoms with Crippen molar-refractivity contribution in [3.63, 3.8) is 0 Å². The fourth-order valence-corrected chi connectivity index (χ4v) is 2.53. The zero-order chi connectivity index (χ0) is 17.3. The smallest absolute Gasteiger partial charge is 0.322 e. The van der Waals surface area contributed by atoms with Gasteiger partial charge in [-0.2, -0.15) is 13.2 Å². The monoisotopic (exact) mass is 350 g/mol. The summed E-state index contributed by atoms with van der Waals surface area (Å²) < 4.78 is 38.2. The van der Waals surface area contributed by atoms with Gasteiger partial charge in [-0.3, -0.25) is 9.78 Å². The van der Waals surface area contributed by atoms with Gasteiger partial charge < -0.3 is 5.32 Å². The molecule has 1 heterocycles. The zero-order valence-electron chi connectivity index (χ0n) is 12.1. The van der Waals surface area contributed by atoms with Crippen molar-refractivity contribution >= 4 is 34.1 Å². The van der Waals surface area contributed by atoms with Crippen LogP contribution in [-0.4, -0.2) is 10.9 Å². The Balaban J connectivity index is 1.97. The van der Waals surface area contributed by atoms with E-state index >= 15 is 0 Å². The predicted octanol–water partition coefficient (Wildman–Crippen LogP) is 5.16. The number of hydrogen-bond donors (Lipinski definition) is 1. The highest BCUT2D eigenvalue weighted by Crippen LogP contribution is 2.31. The molecule has 1 aromatic heterocycles. The lowest BCUT2D eigenvalue weighted by molar-refractivity contribution is -0.137. The maximum atomic E-state index is 12.7. The van der Waals surface area contributed by atoms with E-state index in [4.69, 9.17) is 11.6 Å². The van der Waals surface area contributed by atoms with Crippen molar-refractivity contribution in [2.75, 3.05) is 5.32 Å². The first-order chi connectivity index (χ1) is 11.3. The quantitative estimate of drug-likeness (QED) is 0.693. The van der Waals surface area contributed by atoms with Gasteiger partial charge in [0.2, 0.25) is 0 Å². The molecule has 7 heteroatoms. The van der Waals surface area contributed by atoms with Crippen LogP contribution >= 0.6 is 11.6 Å². The summed E-state index contributed by atoms with van der Waals surface area (Å²) in [5, 5.41) is 3.46. The summed E-state index contributed by atoms with van der Waals surface area (Å²) in [6.45, 7) is 0. The molecule has 0 atom stereocenters.